The summed E-state index contributed by atoms with van der Waals surface area (Å²) >= 11 is 0. The van der Waals surface area contributed by atoms with Crippen molar-refractivity contribution in [3.05, 3.63) is 29.8 Å². The minimum atomic E-state index is -0.945. The molecule has 1 heterocycles. The van der Waals surface area contributed by atoms with Crippen molar-refractivity contribution in [3.63, 3.8) is 0 Å². The minimum absolute atomic E-state index is 0.611. The van der Waals surface area contributed by atoms with Gasteiger partial charge in [0.25, 0.3) is 0 Å². The molecule has 1 N–H and O–H groups in total. The number of hydrogen-bond acceptors (Lipinski definition) is 4. The van der Waals surface area contributed by atoms with Gasteiger partial charge in [0.1, 0.15) is 5.75 Å². The van der Waals surface area contributed by atoms with Gasteiger partial charge in [0.2, 0.25) is 0 Å². The second-order valence-corrected chi connectivity index (χ2v) is 7.47. The van der Waals surface area contributed by atoms with Gasteiger partial charge in [-0.15, -0.1) is 0 Å². The third-order valence-corrected chi connectivity index (χ3v) is 5.45. The van der Waals surface area contributed by atoms with E-state index in [4.69, 9.17) is 9.84 Å². The summed E-state index contributed by atoms with van der Waals surface area (Å²) in [5, 5.41) is 8.89. The monoisotopic (exact) mass is 346 g/mol. The molecule has 0 radical (unpaired) electrons. The Labute approximate surface area is 150 Å². The zero-order valence-corrected chi connectivity index (χ0v) is 15.2. The molecule has 138 valence electrons. The Morgan fingerprint density at radius 1 is 1.12 bits per heavy atom. The second kappa shape index (κ2) is 8.68. The molecule has 1 aromatic rings. The van der Waals surface area contributed by atoms with E-state index in [9.17, 15) is 4.79 Å². The van der Waals surface area contributed by atoms with Crippen molar-refractivity contribution in [3.8, 4) is 5.75 Å². The maximum Gasteiger partial charge on any atom is 0.344 e. The lowest BCUT2D eigenvalue weighted by molar-refractivity contribution is -0.144. The Bertz CT molecular complexity index is 547. The number of carbonyl (C=O) groups is 1. The first-order valence-electron chi connectivity index (χ1n) is 9.53. The Morgan fingerprint density at radius 2 is 1.72 bits per heavy atom. The van der Waals surface area contributed by atoms with Crippen LogP contribution in [0.1, 0.15) is 38.2 Å². The Balaban J connectivity index is 1.41. The first kappa shape index (κ1) is 18.2. The molecule has 1 aromatic carbocycles. The molecule has 0 spiro atoms. The summed E-state index contributed by atoms with van der Waals surface area (Å²) in [6.45, 7) is 8.39. The number of nitrogens with zero attached hydrogens (tertiary/aromatic N) is 2. The molecule has 0 aromatic heterocycles. The van der Waals surface area contributed by atoms with Gasteiger partial charge >= 0.3 is 5.97 Å². The minimum Gasteiger partial charge on any atom is -0.479 e. The van der Waals surface area contributed by atoms with Gasteiger partial charge in [0.05, 0.1) is 0 Å². The molecule has 3 rings (SSSR count). The molecule has 5 nitrogen and oxygen atoms in total. The summed E-state index contributed by atoms with van der Waals surface area (Å²) in [6.07, 6.45) is 4.88. The van der Waals surface area contributed by atoms with Crippen LogP contribution < -0.4 is 4.74 Å². The molecule has 1 aliphatic carbocycles. The summed E-state index contributed by atoms with van der Waals surface area (Å²) in [6, 6.07) is 7.81. The van der Waals surface area contributed by atoms with E-state index in [1.807, 2.05) is 24.3 Å². The molecule has 0 amide bonds. The van der Waals surface area contributed by atoms with Crippen molar-refractivity contribution in [1.29, 1.82) is 0 Å². The number of aliphatic carboxylic acids is 1. The second-order valence-electron chi connectivity index (χ2n) is 7.47. The summed E-state index contributed by atoms with van der Waals surface area (Å²) in [7, 11) is 0. The lowest BCUT2D eigenvalue weighted by atomic mass is 10.1. The van der Waals surface area contributed by atoms with Crippen molar-refractivity contribution in [2.45, 2.75) is 45.3 Å². The van der Waals surface area contributed by atoms with E-state index >= 15 is 0 Å². The van der Waals surface area contributed by atoms with Crippen molar-refractivity contribution >= 4 is 5.97 Å². The molecule has 0 bridgehead atoms. The van der Waals surface area contributed by atoms with Crippen LogP contribution >= 0.6 is 0 Å². The van der Waals surface area contributed by atoms with Gasteiger partial charge in [-0.3, -0.25) is 4.90 Å². The average Bonchev–Trinajstić information content (AvgIpc) is 3.11. The molecule has 1 atom stereocenters. The smallest absolute Gasteiger partial charge is 0.344 e. The number of carboxylic acids is 1. The number of benzene rings is 1. The van der Waals surface area contributed by atoms with Gasteiger partial charge in [0.15, 0.2) is 6.10 Å². The highest BCUT2D eigenvalue weighted by Crippen LogP contribution is 2.26. The van der Waals surface area contributed by atoms with Crippen LogP contribution in [0.15, 0.2) is 24.3 Å². The van der Waals surface area contributed by atoms with Gasteiger partial charge in [-0.05, 0) is 43.4 Å². The van der Waals surface area contributed by atoms with E-state index < -0.39 is 12.1 Å². The molecular formula is C20H30N2O3. The SMILES string of the molecule is C[C@H](Oc1ccc(CN2CCN(CC3CCCC3)CC2)cc1)C(=O)O. The Morgan fingerprint density at radius 3 is 2.32 bits per heavy atom. The number of rotatable bonds is 7. The van der Waals surface area contributed by atoms with Gasteiger partial charge in [0, 0.05) is 39.3 Å². The summed E-state index contributed by atoms with van der Waals surface area (Å²) in [4.78, 5) is 16.0. The quantitative estimate of drug-likeness (QED) is 0.823. The number of carboxylic acid groups (broad SMARTS) is 1. The standard InChI is InChI=1S/C20H30N2O3/c1-16(20(23)24)25-19-8-6-18(7-9-19)15-22-12-10-21(11-13-22)14-17-4-2-3-5-17/h6-9,16-17H,2-5,10-15H2,1H3,(H,23,24)/t16-/m0/s1. The summed E-state index contributed by atoms with van der Waals surface area (Å²) in [5.74, 6) is 0.604. The predicted octanol–water partition coefficient (Wildman–Crippen LogP) is 2.85. The van der Waals surface area contributed by atoms with Crippen LogP contribution in [0.3, 0.4) is 0 Å². The molecular weight excluding hydrogens is 316 g/mol. The van der Waals surface area contributed by atoms with Crippen LogP contribution in [0.2, 0.25) is 0 Å². The molecule has 2 aliphatic rings. The highest BCUT2D eigenvalue weighted by atomic mass is 16.5. The fourth-order valence-electron chi connectivity index (χ4n) is 3.87. The van der Waals surface area contributed by atoms with E-state index in [0.717, 1.165) is 25.6 Å². The molecule has 5 heteroatoms. The third-order valence-electron chi connectivity index (χ3n) is 5.45. The van der Waals surface area contributed by atoms with Crippen molar-refractivity contribution in [2.24, 2.45) is 5.92 Å². The van der Waals surface area contributed by atoms with Gasteiger partial charge in [-0.1, -0.05) is 25.0 Å². The number of hydrogen-bond donors (Lipinski definition) is 1. The van der Waals surface area contributed by atoms with Gasteiger partial charge in [-0.2, -0.15) is 0 Å². The zero-order valence-electron chi connectivity index (χ0n) is 15.2. The maximum atomic E-state index is 10.8. The first-order chi connectivity index (χ1) is 12.1. The molecule has 0 unspecified atom stereocenters. The van der Waals surface area contributed by atoms with Crippen LogP contribution in [0.5, 0.6) is 5.75 Å². The normalized spacial score (nSPS) is 21.3. The topological polar surface area (TPSA) is 53.0 Å². The average molecular weight is 346 g/mol. The highest BCUT2D eigenvalue weighted by Gasteiger charge is 2.22. The Kier molecular flexibility index (Phi) is 6.32. The molecule has 1 saturated carbocycles. The van der Waals surface area contributed by atoms with Crippen molar-refractivity contribution in [2.75, 3.05) is 32.7 Å². The van der Waals surface area contributed by atoms with E-state index in [2.05, 4.69) is 9.80 Å². The van der Waals surface area contributed by atoms with E-state index in [0.29, 0.717) is 5.75 Å². The van der Waals surface area contributed by atoms with Crippen molar-refractivity contribution < 1.29 is 14.6 Å². The Hall–Kier alpha value is -1.59. The van der Waals surface area contributed by atoms with E-state index in [1.165, 1.54) is 50.9 Å². The number of piperazine rings is 1. The highest BCUT2D eigenvalue weighted by molar-refractivity contribution is 5.72. The fraction of sp³-hybridized carbons (Fsp3) is 0.650. The number of ether oxygens (including phenoxy) is 1. The van der Waals surface area contributed by atoms with Gasteiger partial charge < -0.3 is 14.7 Å². The van der Waals surface area contributed by atoms with Crippen LogP contribution in [0, 0.1) is 5.92 Å². The summed E-state index contributed by atoms with van der Waals surface area (Å²) in [5.41, 5.74) is 1.25. The van der Waals surface area contributed by atoms with Crippen LogP contribution in [-0.4, -0.2) is 59.7 Å². The van der Waals surface area contributed by atoms with Crippen LogP contribution in [-0.2, 0) is 11.3 Å². The van der Waals surface area contributed by atoms with Crippen LogP contribution in [0.4, 0.5) is 0 Å². The molecule has 1 aliphatic heterocycles. The third kappa shape index (κ3) is 5.44. The van der Waals surface area contributed by atoms with E-state index in [1.54, 1.807) is 6.92 Å². The maximum absolute atomic E-state index is 10.8. The largest absolute Gasteiger partial charge is 0.479 e. The lowest BCUT2D eigenvalue weighted by Crippen LogP contribution is -2.47. The van der Waals surface area contributed by atoms with E-state index in [-0.39, 0.29) is 0 Å². The fourth-order valence-corrected chi connectivity index (χ4v) is 3.87. The summed E-state index contributed by atoms with van der Waals surface area (Å²) < 4.78 is 5.38. The molecule has 1 saturated heterocycles. The van der Waals surface area contributed by atoms with Gasteiger partial charge in [-0.25, -0.2) is 4.79 Å². The lowest BCUT2D eigenvalue weighted by Gasteiger charge is -2.36. The molecule has 25 heavy (non-hydrogen) atoms. The zero-order chi connectivity index (χ0) is 17.6. The van der Waals surface area contributed by atoms with Crippen molar-refractivity contribution in [1.82, 2.24) is 9.80 Å². The van der Waals surface area contributed by atoms with Crippen LogP contribution in [0.25, 0.3) is 0 Å². The molecule has 2 fully saturated rings. The first-order valence-corrected chi connectivity index (χ1v) is 9.53. The predicted molar refractivity (Wildman–Crippen MR) is 97.8 cm³/mol.